The Morgan fingerprint density at radius 3 is 2.71 bits per heavy atom. The van der Waals surface area contributed by atoms with Crippen LogP contribution in [0.3, 0.4) is 0 Å². The molecule has 6 nitrogen and oxygen atoms in total. The fourth-order valence-corrected chi connectivity index (χ4v) is 3.05. The molecule has 0 aliphatic carbocycles. The molecular weight excluding hydrogens is 272 g/mol. The van der Waals surface area contributed by atoms with Crippen LogP contribution in [-0.2, 0) is 14.4 Å². The number of carboxylic acid groups (broad SMARTS) is 1. The monoisotopic (exact) mass is 288 g/mol. The summed E-state index contributed by atoms with van der Waals surface area (Å²) in [5.74, 6) is -2.01. The van der Waals surface area contributed by atoms with Crippen molar-refractivity contribution in [1.29, 1.82) is 0 Å². The highest BCUT2D eigenvalue weighted by atomic mass is 16.4. The predicted molar refractivity (Wildman–Crippen MR) is 74.9 cm³/mol. The molecule has 1 fully saturated rings. The minimum atomic E-state index is -0.868. The van der Waals surface area contributed by atoms with E-state index in [1.165, 1.54) is 0 Å². The third kappa shape index (κ3) is 2.37. The number of amides is 2. The molecule has 0 saturated carbocycles. The first-order chi connectivity index (χ1) is 10.1. The van der Waals surface area contributed by atoms with Crippen molar-refractivity contribution >= 4 is 23.5 Å². The summed E-state index contributed by atoms with van der Waals surface area (Å²) in [5.41, 5.74) is 1.32. The number of nitrogens with one attached hydrogen (secondary N) is 1. The molecule has 2 aliphatic heterocycles. The second-order valence-electron chi connectivity index (χ2n) is 5.43. The van der Waals surface area contributed by atoms with Gasteiger partial charge in [0.1, 0.15) is 0 Å². The van der Waals surface area contributed by atoms with Gasteiger partial charge in [0.15, 0.2) is 0 Å². The van der Waals surface area contributed by atoms with Crippen LogP contribution in [0.25, 0.3) is 0 Å². The Labute approximate surface area is 121 Å². The Morgan fingerprint density at radius 2 is 2.05 bits per heavy atom. The van der Waals surface area contributed by atoms with Gasteiger partial charge in [0.2, 0.25) is 11.8 Å². The Morgan fingerprint density at radius 1 is 1.29 bits per heavy atom. The molecule has 2 aliphatic rings. The lowest BCUT2D eigenvalue weighted by Gasteiger charge is -2.33. The van der Waals surface area contributed by atoms with Crippen molar-refractivity contribution in [3.05, 3.63) is 29.8 Å². The van der Waals surface area contributed by atoms with E-state index in [2.05, 4.69) is 5.32 Å². The molecule has 2 N–H and O–H groups in total. The van der Waals surface area contributed by atoms with E-state index < -0.39 is 11.9 Å². The molecule has 6 heteroatoms. The first-order valence-electron chi connectivity index (χ1n) is 6.97. The lowest BCUT2D eigenvalue weighted by molar-refractivity contribution is -0.139. The molecule has 21 heavy (non-hydrogen) atoms. The van der Waals surface area contributed by atoms with Crippen LogP contribution in [0.5, 0.6) is 0 Å². The molecule has 2 unspecified atom stereocenters. The van der Waals surface area contributed by atoms with Gasteiger partial charge < -0.3 is 15.3 Å². The van der Waals surface area contributed by atoms with Crippen LogP contribution in [0.2, 0.25) is 0 Å². The van der Waals surface area contributed by atoms with E-state index in [1.54, 1.807) is 29.2 Å². The maximum atomic E-state index is 12.6. The van der Waals surface area contributed by atoms with Crippen LogP contribution in [0.15, 0.2) is 24.3 Å². The number of aliphatic carboxylic acids is 1. The summed E-state index contributed by atoms with van der Waals surface area (Å²) < 4.78 is 0. The number of hydrogen-bond donors (Lipinski definition) is 2. The highest BCUT2D eigenvalue weighted by Crippen LogP contribution is 2.36. The lowest BCUT2D eigenvalue weighted by atomic mass is 9.89. The molecule has 1 saturated heterocycles. The van der Waals surface area contributed by atoms with Crippen LogP contribution >= 0.6 is 0 Å². The molecule has 1 aromatic rings. The van der Waals surface area contributed by atoms with Crippen molar-refractivity contribution in [3.8, 4) is 0 Å². The van der Waals surface area contributed by atoms with E-state index in [4.69, 9.17) is 0 Å². The largest absolute Gasteiger partial charge is 0.481 e. The van der Waals surface area contributed by atoms with Gasteiger partial charge in [-0.15, -0.1) is 0 Å². The van der Waals surface area contributed by atoms with E-state index in [0.717, 1.165) is 0 Å². The number of rotatable bonds is 2. The van der Waals surface area contributed by atoms with Crippen LogP contribution in [0.4, 0.5) is 5.69 Å². The fourth-order valence-electron chi connectivity index (χ4n) is 3.05. The summed E-state index contributed by atoms with van der Waals surface area (Å²) >= 11 is 0. The molecule has 1 aromatic carbocycles. The predicted octanol–water partition coefficient (Wildman–Crippen LogP) is 0.728. The van der Waals surface area contributed by atoms with Gasteiger partial charge >= 0.3 is 5.97 Å². The Kier molecular flexibility index (Phi) is 3.37. The van der Waals surface area contributed by atoms with Crippen molar-refractivity contribution in [2.45, 2.75) is 18.8 Å². The normalized spacial score (nSPS) is 24.4. The number of anilines is 1. The second kappa shape index (κ2) is 5.20. The van der Waals surface area contributed by atoms with E-state index in [9.17, 15) is 19.5 Å². The van der Waals surface area contributed by atoms with E-state index in [0.29, 0.717) is 30.8 Å². The first-order valence-corrected chi connectivity index (χ1v) is 6.97. The quantitative estimate of drug-likeness (QED) is 0.840. The molecule has 0 bridgehead atoms. The van der Waals surface area contributed by atoms with Gasteiger partial charge in [0.05, 0.1) is 11.8 Å². The maximum Gasteiger partial charge on any atom is 0.311 e. The Hall–Kier alpha value is -2.37. The van der Waals surface area contributed by atoms with E-state index >= 15 is 0 Å². The first kappa shape index (κ1) is 13.6. The van der Waals surface area contributed by atoms with Crippen LogP contribution < -0.4 is 10.2 Å². The highest BCUT2D eigenvalue weighted by Gasteiger charge is 2.37. The number of para-hydroxylation sites is 1. The number of fused-ring (bicyclic) bond motifs is 1. The topological polar surface area (TPSA) is 86.7 Å². The van der Waals surface area contributed by atoms with Gasteiger partial charge in [0.25, 0.3) is 0 Å². The van der Waals surface area contributed by atoms with Gasteiger partial charge in [-0.25, -0.2) is 0 Å². The molecule has 0 radical (unpaired) electrons. The van der Waals surface area contributed by atoms with Gasteiger partial charge in [-0.1, -0.05) is 18.2 Å². The number of carboxylic acids is 1. The maximum absolute atomic E-state index is 12.6. The molecule has 110 valence electrons. The molecule has 2 atom stereocenters. The number of carbonyl (C=O) groups is 3. The Bertz CT molecular complexity index is 613. The van der Waals surface area contributed by atoms with Gasteiger partial charge in [-0.2, -0.15) is 0 Å². The van der Waals surface area contributed by atoms with E-state index in [1.807, 2.05) is 0 Å². The minimum Gasteiger partial charge on any atom is -0.481 e. The zero-order valence-electron chi connectivity index (χ0n) is 11.4. The third-order valence-corrected chi connectivity index (χ3v) is 4.14. The third-order valence-electron chi connectivity index (χ3n) is 4.14. The number of benzene rings is 1. The molecule has 0 aromatic heterocycles. The van der Waals surface area contributed by atoms with Crippen molar-refractivity contribution in [2.75, 3.05) is 18.0 Å². The van der Waals surface area contributed by atoms with E-state index in [-0.39, 0.29) is 24.2 Å². The number of nitrogens with zero attached hydrogens (tertiary/aromatic N) is 1. The summed E-state index contributed by atoms with van der Waals surface area (Å²) in [4.78, 5) is 36.8. The van der Waals surface area contributed by atoms with Crippen molar-refractivity contribution in [2.24, 2.45) is 5.92 Å². The van der Waals surface area contributed by atoms with Gasteiger partial charge in [0, 0.05) is 25.2 Å². The zero-order valence-corrected chi connectivity index (χ0v) is 11.4. The number of hydrogen-bond acceptors (Lipinski definition) is 3. The van der Waals surface area contributed by atoms with Crippen LogP contribution in [-0.4, -0.2) is 36.0 Å². The summed E-state index contributed by atoms with van der Waals surface area (Å²) in [6, 6.07) is 7.10. The average Bonchev–Trinajstić information content (AvgIpc) is 2.91. The zero-order chi connectivity index (χ0) is 15.0. The second-order valence-corrected chi connectivity index (χ2v) is 5.43. The minimum absolute atomic E-state index is 0.107. The lowest BCUT2D eigenvalue weighted by Crippen LogP contribution is -2.42. The summed E-state index contributed by atoms with van der Waals surface area (Å²) in [6.45, 7) is 0.732. The molecule has 2 heterocycles. The molecule has 3 rings (SSSR count). The van der Waals surface area contributed by atoms with Crippen molar-refractivity contribution < 1.29 is 19.5 Å². The summed E-state index contributed by atoms with van der Waals surface area (Å²) in [6.07, 6.45) is 0.603. The summed E-state index contributed by atoms with van der Waals surface area (Å²) in [7, 11) is 0. The molecule has 2 amide bonds. The molecule has 0 spiro atoms. The number of carbonyl (C=O) groups excluding carboxylic acids is 2. The fraction of sp³-hybridized carbons (Fsp3) is 0.400. The van der Waals surface area contributed by atoms with Gasteiger partial charge in [-0.05, 0) is 18.1 Å². The molecular formula is C15H16N2O4. The average molecular weight is 288 g/mol. The SMILES string of the molecule is O=C1CC(C(=O)N2CCC(C(=O)O)c3ccccc32)CN1. The van der Waals surface area contributed by atoms with Crippen LogP contribution in [0.1, 0.15) is 24.3 Å². The van der Waals surface area contributed by atoms with Gasteiger partial charge in [-0.3, -0.25) is 14.4 Å². The van der Waals surface area contributed by atoms with Crippen molar-refractivity contribution in [1.82, 2.24) is 5.32 Å². The summed E-state index contributed by atoms with van der Waals surface area (Å²) in [5, 5.41) is 12.0. The Balaban J connectivity index is 1.90. The van der Waals surface area contributed by atoms with Crippen LogP contribution in [0, 0.1) is 5.92 Å². The highest BCUT2D eigenvalue weighted by molar-refractivity contribution is 6.00. The standard InChI is InChI=1S/C15H16N2O4/c18-13-7-9(8-16-13)14(19)17-6-5-11(15(20)21)10-3-1-2-4-12(10)17/h1-4,9,11H,5-8H2,(H,16,18)(H,20,21). The smallest absolute Gasteiger partial charge is 0.311 e. The van der Waals surface area contributed by atoms with Crippen molar-refractivity contribution in [3.63, 3.8) is 0 Å².